The van der Waals surface area contributed by atoms with Crippen LogP contribution in [0, 0.1) is 0 Å². The fraction of sp³-hybridized carbons (Fsp3) is 0.368. The molecule has 1 aliphatic rings. The van der Waals surface area contributed by atoms with Crippen molar-refractivity contribution in [1.82, 2.24) is 0 Å². The SMILES string of the molecule is Brc1cccc(NCc2ccc(C3CCCCC3)cc2)c1. The van der Waals surface area contributed by atoms with Crippen LogP contribution in [0.25, 0.3) is 0 Å². The molecule has 1 N–H and O–H groups in total. The lowest BCUT2D eigenvalue weighted by molar-refractivity contribution is 0.443. The van der Waals surface area contributed by atoms with Gasteiger partial charge in [0.15, 0.2) is 0 Å². The fourth-order valence-electron chi connectivity index (χ4n) is 3.15. The van der Waals surface area contributed by atoms with Crippen LogP contribution in [-0.4, -0.2) is 0 Å². The summed E-state index contributed by atoms with van der Waals surface area (Å²) >= 11 is 3.50. The molecule has 3 rings (SSSR count). The predicted octanol–water partition coefficient (Wildman–Crippen LogP) is 6.11. The van der Waals surface area contributed by atoms with E-state index in [0.29, 0.717) is 0 Å². The third-order valence-corrected chi connectivity index (χ3v) is 4.87. The number of hydrogen-bond acceptors (Lipinski definition) is 1. The molecule has 0 bridgehead atoms. The molecule has 0 heterocycles. The van der Waals surface area contributed by atoms with Crippen molar-refractivity contribution in [1.29, 1.82) is 0 Å². The van der Waals surface area contributed by atoms with E-state index >= 15 is 0 Å². The van der Waals surface area contributed by atoms with E-state index in [1.807, 2.05) is 6.07 Å². The Morgan fingerprint density at radius 1 is 0.952 bits per heavy atom. The first kappa shape index (κ1) is 14.6. The molecule has 0 atom stereocenters. The Labute approximate surface area is 135 Å². The number of benzene rings is 2. The lowest BCUT2D eigenvalue weighted by atomic mass is 9.84. The van der Waals surface area contributed by atoms with Gasteiger partial charge in [-0.15, -0.1) is 0 Å². The minimum absolute atomic E-state index is 0.797. The van der Waals surface area contributed by atoms with Gasteiger partial charge in [-0.3, -0.25) is 0 Å². The zero-order valence-electron chi connectivity index (χ0n) is 12.3. The second-order valence-corrected chi connectivity index (χ2v) is 6.86. The minimum Gasteiger partial charge on any atom is -0.381 e. The lowest BCUT2D eigenvalue weighted by Crippen LogP contribution is -2.05. The van der Waals surface area contributed by atoms with Crippen molar-refractivity contribution in [3.8, 4) is 0 Å². The Hall–Kier alpha value is -1.28. The Balaban J connectivity index is 1.59. The highest BCUT2D eigenvalue weighted by atomic mass is 79.9. The van der Waals surface area contributed by atoms with Crippen molar-refractivity contribution in [3.63, 3.8) is 0 Å². The first-order valence-corrected chi connectivity index (χ1v) is 8.69. The van der Waals surface area contributed by atoms with E-state index in [1.54, 1.807) is 0 Å². The summed E-state index contributed by atoms with van der Waals surface area (Å²) < 4.78 is 1.11. The topological polar surface area (TPSA) is 12.0 Å². The van der Waals surface area contributed by atoms with E-state index in [0.717, 1.165) is 22.6 Å². The van der Waals surface area contributed by atoms with Gasteiger partial charge < -0.3 is 5.32 Å². The molecule has 2 aromatic rings. The summed E-state index contributed by atoms with van der Waals surface area (Å²) in [5, 5.41) is 3.47. The normalized spacial score (nSPS) is 15.9. The van der Waals surface area contributed by atoms with Crippen molar-refractivity contribution < 1.29 is 0 Å². The molecule has 1 fully saturated rings. The monoisotopic (exact) mass is 343 g/mol. The Kier molecular flexibility index (Phi) is 4.97. The molecule has 0 unspecified atom stereocenters. The zero-order valence-corrected chi connectivity index (χ0v) is 13.9. The van der Waals surface area contributed by atoms with Crippen molar-refractivity contribution in [2.45, 2.75) is 44.6 Å². The molecule has 2 heteroatoms. The molecule has 0 aromatic heterocycles. The molecule has 2 aromatic carbocycles. The summed E-state index contributed by atoms with van der Waals surface area (Å²) in [5.74, 6) is 0.797. The maximum atomic E-state index is 3.50. The smallest absolute Gasteiger partial charge is 0.0400 e. The van der Waals surface area contributed by atoms with E-state index in [2.05, 4.69) is 63.7 Å². The quantitative estimate of drug-likeness (QED) is 0.706. The van der Waals surface area contributed by atoms with Crippen LogP contribution in [-0.2, 0) is 6.54 Å². The van der Waals surface area contributed by atoms with Gasteiger partial charge in [0.1, 0.15) is 0 Å². The number of rotatable bonds is 4. The van der Waals surface area contributed by atoms with Crippen molar-refractivity contribution in [2.75, 3.05) is 5.32 Å². The zero-order chi connectivity index (χ0) is 14.5. The first-order chi connectivity index (χ1) is 10.3. The summed E-state index contributed by atoms with van der Waals surface area (Å²) in [4.78, 5) is 0. The molecule has 1 nitrogen and oxygen atoms in total. The molecule has 1 saturated carbocycles. The highest BCUT2D eigenvalue weighted by Gasteiger charge is 2.14. The predicted molar refractivity (Wildman–Crippen MR) is 93.7 cm³/mol. The molecule has 0 spiro atoms. The van der Waals surface area contributed by atoms with E-state index < -0.39 is 0 Å². The van der Waals surface area contributed by atoms with Gasteiger partial charge in [0.05, 0.1) is 0 Å². The Morgan fingerprint density at radius 2 is 1.71 bits per heavy atom. The lowest BCUT2D eigenvalue weighted by Gasteiger charge is -2.22. The molecule has 1 aliphatic carbocycles. The summed E-state index contributed by atoms with van der Waals surface area (Å²) in [6.45, 7) is 0.876. The molecule has 0 saturated heterocycles. The van der Waals surface area contributed by atoms with Gasteiger partial charge in [0.2, 0.25) is 0 Å². The van der Waals surface area contributed by atoms with Crippen LogP contribution in [0.3, 0.4) is 0 Å². The third kappa shape index (κ3) is 4.10. The average molecular weight is 344 g/mol. The maximum absolute atomic E-state index is 3.50. The minimum atomic E-state index is 0.797. The van der Waals surface area contributed by atoms with Crippen LogP contribution in [0.2, 0.25) is 0 Å². The average Bonchev–Trinajstić information content (AvgIpc) is 2.54. The van der Waals surface area contributed by atoms with Gasteiger partial charge in [-0.25, -0.2) is 0 Å². The highest BCUT2D eigenvalue weighted by Crippen LogP contribution is 2.32. The Bertz CT molecular complexity index is 570. The van der Waals surface area contributed by atoms with E-state index in [4.69, 9.17) is 0 Å². The standard InChI is InChI=1S/C19H22BrN/c20-18-7-4-8-19(13-18)21-14-15-9-11-17(12-10-15)16-5-2-1-3-6-16/h4,7-13,16,21H,1-3,5-6,14H2. The van der Waals surface area contributed by atoms with Crippen LogP contribution in [0.5, 0.6) is 0 Å². The van der Waals surface area contributed by atoms with Crippen LogP contribution in [0.4, 0.5) is 5.69 Å². The Morgan fingerprint density at radius 3 is 2.43 bits per heavy atom. The molecule has 0 radical (unpaired) electrons. The molecule has 21 heavy (non-hydrogen) atoms. The maximum Gasteiger partial charge on any atom is 0.0400 e. The fourth-order valence-corrected chi connectivity index (χ4v) is 3.55. The van der Waals surface area contributed by atoms with Gasteiger partial charge >= 0.3 is 0 Å². The van der Waals surface area contributed by atoms with Gasteiger partial charge in [-0.1, -0.05) is 65.5 Å². The van der Waals surface area contributed by atoms with Crippen molar-refractivity contribution in [2.24, 2.45) is 0 Å². The summed E-state index contributed by atoms with van der Waals surface area (Å²) in [7, 11) is 0. The van der Waals surface area contributed by atoms with Gasteiger partial charge in [0.25, 0.3) is 0 Å². The summed E-state index contributed by atoms with van der Waals surface area (Å²) in [6, 6.07) is 17.5. The molecular weight excluding hydrogens is 322 g/mol. The van der Waals surface area contributed by atoms with Gasteiger partial charge in [-0.2, -0.15) is 0 Å². The molecule has 0 aliphatic heterocycles. The summed E-state index contributed by atoms with van der Waals surface area (Å²) in [5.41, 5.74) is 4.02. The van der Waals surface area contributed by atoms with Gasteiger partial charge in [0, 0.05) is 16.7 Å². The van der Waals surface area contributed by atoms with Crippen LogP contribution in [0.1, 0.15) is 49.1 Å². The van der Waals surface area contributed by atoms with E-state index in [-0.39, 0.29) is 0 Å². The van der Waals surface area contributed by atoms with Crippen LogP contribution in [0.15, 0.2) is 53.0 Å². The third-order valence-electron chi connectivity index (χ3n) is 4.38. The van der Waals surface area contributed by atoms with E-state index in [9.17, 15) is 0 Å². The molecule has 0 amide bonds. The summed E-state index contributed by atoms with van der Waals surface area (Å²) in [6.07, 6.45) is 6.96. The first-order valence-electron chi connectivity index (χ1n) is 7.89. The van der Waals surface area contributed by atoms with Crippen LogP contribution < -0.4 is 5.32 Å². The van der Waals surface area contributed by atoms with Crippen molar-refractivity contribution >= 4 is 21.6 Å². The highest BCUT2D eigenvalue weighted by molar-refractivity contribution is 9.10. The number of nitrogens with one attached hydrogen (secondary N) is 1. The van der Waals surface area contributed by atoms with Crippen LogP contribution >= 0.6 is 15.9 Å². The number of anilines is 1. The second kappa shape index (κ2) is 7.13. The van der Waals surface area contributed by atoms with Gasteiger partial charge in [-0.05, 0) is 48.1 Å². The van der Waals surface area contributed by atoms with Crippen molar-refractivity contribution in [3.05, 3.63) is 64.1 Å². The molecular formula is C19H22BrN. The number of hydrogen-bond donors (Lipinski definition) is 1. The molecule has 110 valence electrons. The largest absolute Gasteiger partial charge is 0.381 e. The second-order valence-electron chi connectivity index (χ2n) is 5.94. The number of halogens is 1. The van der Waals surface area contributed by atoms with E-state index in [1.165, 1.54) is 43.2 Å².